The molecule has 5 nitrogen and oxygen atoms in total. The molecule has 0 aromatic heterocycles. The number of benzene rings is 1. The molecular formula is C17H24ClN3O2. The topological polar surface area (TPSA) is 52.7 Å². The Balaban J connectivity index is 2.12. The van der Waals surface area contributed by atoms with Gasteiger partial charge in [0.1, 0.15) is 0 Å². The second-order valence-corrected chi connectivity index (χ2v) is 6.19. The second kappa shape index (κ2) is 8.20. The molecule has 1 heterocycles. The van der Waals surface area contributed by atoms with Gasteiger partial charge in [0.15, 0.2) is 0 Å². The van der Waals surface area contributed by atoms with Crippen LogP contribution in [0.5, 0.6) is 0 Å². The molecule has 0 unspecified atom stereocenters. The van der Waals surface area contributed by atoms with Crippen molar-refractivity contribution in [1.82, 2.24) is 4.90 Å². The number of carbonyl (C=O) groups excluding carboxylic acids is 2. The van der Waals surface area contributed by atoms with Gasteiger partial charge in [-0.1, -0.05) is 31.0 Å². The van der Waals surface area contributed by atoms with Crippen LogP contribution in [0, 0.1) is 0 Å². The summed E-state index contributed by atoms with van der Waals surface area (Å²) in [7, 11) is 0. The van der Waals surface area contributed by atoms with Crippen LogP contribution in [0.2, 0.25) is 5.02 Å². The van der Waals surface area contributed by atoms with E-state index in [0.29, 0.717) is 37.6 Å². The number of carbonyl (C=O) groups is 2. The Morgan fingerprint density at radius 3 is 2.52 bits per heavy atom. The van der Waals surface area contributed by atoms with Crippen molar-refractivity contribution in [2.75, 3.05) is 36.4 Å². The lowest BCUT2D eigenvalue weighted by Crippen LogP contribution is -2.48. The van der Waals surface area contributed by atoms with Crippen molar-refractivity contribution in [2.45, 2.75) is 33.1 Å². The average Bonchev–Trinajstić information content (AvgIpc) is 2.53. The van der Waals surface area contributed by atoms with Gasteiger partial charge in [0.25, 0.3) is 0 Å². The Bertz CT molecular complexity index is 569. The molecule has 0 spiro atoms. The molecule has 1 aromatic rings. The SMILES string of the molecule is CCCCC(=O)Nc1cccc(Cl)c1N1CCN(C(C)=O)CC1. The van der Waals surface area contributed by atoms with Gasteiger partial charge < -0.3 is 15.1 Å². The summed E-state index contributed by atoms with van der Waals surface area (Å²) in [6, 6.07) is 5.55. The molecule has 1 aliphatic rings. The number of anilines is 2. The summed E-state index contributed by atoms with van der Waals surface area (Å²) in [6.45, 7) is 6.41. The molecule has 1 fully saturated rings. The van der Waals surface area contributed by atoms with Crippen LogP contribution in [0.1, 0.15) is 33.1 Å². The zero-order valence-electron chi connectivity index (χ0n) is 13.8. The van der Waals surface area contributed by atoms with Gasteiger partial charge in [0.2, 0.25) is 11.8 Å². The predicted molar refractivity (Wildman–Crippen MR) is 94.1 cm³/mol. The third kappa shape index (κ3) is 4.61. The smallest absolute Gasteiger partial charge is 0.224 e. The Morgan fingerprint density at radius 2 is 1.91 bits per heavy atom. The second-order valence-electron chi connectivity index (χ2n) is 5.78. The van der Waals surface area contributed by atoms with E-state index in [0.717, 1.165) is 24.2 Å². The van der Waals surface area contributed by atoms with Gasteiger partial charge in [-0.25, -0.2) is 0 Å². The predicted octanol–water partition coefficient (Wildman–Crippen LogP) is 3.14. The zero-order valence-corrected chi connectivity index (χ0v) is 14.5. The number of hydrogen-bond acceptors (Lipinski definition) is 3. The highest BCUT2D eigenvalue weighted by molar-refractivity contribution is 6.34. The van der Waals surface area contributed by atoms with E-state index in [1.807, 2.05) is 23.1 Å². The molecule has 0 saturated carbocycles. The lowest BCUT2D eigenvalue weighted by molar-refractivity contribution is -0.129. The van der Waals surface area contributed by atoms with E-state index < -0.39 is 0 Å². The summed E-state index contributed by atoms with van der Waals surface area (Å²) in [5.41, 5.74) is 1.59. The van der Waals surface area contributed by atoms with Gasteiger partial charge in [0.05, 0.1) is 16.4 Å². The van der Waals surface area contributed by atoms with Crippen molar-refractivity contribution >= 4 is 34.8 Å². The van der Waals surface area contributed by atoms with Crippen LogP contribution in [-0.2, 0) is 9.59 Å². The molecule has 6 heteroatoms. The molecule has 2 amide bonds. The van der Waals surface area contributed by atoms with Crippen LogP contribution in [0.4, 0.5) is 11.4 Å². The average molecular weight is 338 g/mol. The molecule has 23 heavy (non-hydrogen) atoms. The fraction of sp³-hybridized carbons (Fsp3) is 0.529. The summed E-state index contributed by atoms with van der Waals surface area (Å²) in [5.74, 6) is 0.106. The van der Waals surface area contributed by atoms with Crippen molar-refractivity contribution in [3.8, 4) is 0 Å². The minimum absolute atomic E-state index is 0.0118. The third-order valence-electron chi connectivity index (χ3n) is 4.06. The maximum Gasteiger partial charge on any atom is 0.224 e. The van der Waals surface area contributed by atoms with Crippen LogP contribution in [0.15, 0.2) is 18.2 Å². The largest absolute Gasteiger partial charge is 0.365 e. The third-order valence-corrected chi connectivity index (χ3v) is 4.36. The number of nitrogens with zero attached hydrogens (tertiary/aromatic N) is 2. The highest BCUT2D eigenvalue weighted by Crippen LogP contribution is 2.34. The number of amides is 2. The van der Waals surface area contributed by atoms with Crippen molar-refractivity contribution in [3.05, 3.63) is 23.2 Å². The first-order valence-electron chi connectivity index (χ1n) is 8.11. The summed E-state index contributed by atoms with van der Waals surface area (Å²) in [5, 5.41) is 3.59. The molecule has 1 aromatic carbocycles. The number of unbranched alkanes of at least 4 members (excludes halogenated alkanes) is 1. The molecule has 0 bridgehead atoms. The number of piperazine rings is 1. The van der Waals surface area contributed by atoms with Crippen molar-refractivity contribution in [2.24, 2.45) is 0 Å². The molecule has 1 N–H and O–H groups in total. The molecule has 2 rings (SSSR count). The van der Waals surface area contributed by atoms with Crippen LogP contribution in [-0.4, -0.2) is 42.9 Å². The molecule has 0 atom stereocenters. The van der Waals surface area contributed by atoms with Crippen LogP contribution < -0.4 is 10.2 Å². The van der Waals surface area contributed by atoms with E-state index in [1.54, 1.807) is 6.92 Å². The number of para-hydroxylation sites is 1. The Labute approximate surface area is 142 Å². The normalized spacial score (nSPS) is 14.7. The lowest BCUT2D eigenvalue weighted by atomic mass is 10.2. The van der Waals surface area contributed by atoms with Crippen LogP contribution in [0.25, 0.3) is 0 Å². The van der Waals surface area contributed by atoms with E-state index in [4.69, 9.17) is 11.6 Å². The van der Waals surface area contributed by atoms with Crippen molar-refractivity contribution in [1.29, 1.82) is 0 Å². The first-order chi connectivity index (χ1) is 11.0. The number of rotatable bonds is 5. The van der Waals surface area contributed by atoms with Gasteiger partial charge in [-0.05, 0) is 18.6 Å². The van der Waals surface area contributed by atoms with E-state index in [2.05, 4.69) is 17.1 Å². The molecule has 1 saturated heterocycles. The molecule has 0 radical (unpaired) electrons. The van der Waals surface area contributed by atoms with Gasteiger partial charge in [-0.3, -0.25) is 9.59 Å². The van der Waals surface area contributed by atoms with Crippen LogP contribution >= 0.6 is 11.6 Å². The van der Waals surface area contributed by atoms with E-state index >= 15 is 0 Å². The quantitative estimate of drug-likeness (QED) is 0.898. The summed E-state index contributed by atoms with van der Waals surface area (Å²) in [4.78, 5) is 27.4. The lowest BCUT2D eigenvalue weighted by Gasteiger charge is -2.37. The van der Waals surface area contributed by atoms with E-state index in [-0.39, 0.29) is 11.8 Å². The molecular weight excluding hydrogens is 314 g/mol. The first kappa shape index (κ1) is 17.6. The van der Waals surface area contributed by atoms with E-state index in [1.165, 1.54) is 0 Å². The number of nitrogens with one attached hydrogen (secondary N) is 1. The van der Waals surface area contributed by atoms with Gasteiger partial charge >= 0.3 is 0 Å². The fourth-order valence-electron chi connectivity index (χ4n) is 2.73. The van der Waals surface area contributed by atoms with Gasteiger partial charge in [-0.15, -0.1) is 0 Å². The summed E-state index contributed by atoms with van der Waals surface area (Å²) >= 11 is 6.38. The molecule has 126 valence electrons. The Morgan fingerprint density at radius 1 is 1.22 bits per heavy atom. The number of hydrogen-bond donors (Lipinski definition) is 1. The minimum Gasteiger partial charge on any atom is -0.365 e. The van der Waals surface area contributed by atoms with Gasteiger partial charge in [-0.2, -0.15) is 0 Å². The standard InChI is InChI=1S/C17H24ClN3O2/c1-3-4-8-16(23)19-15-7-5-6-14(18)17(15)21-11-9-20(10-12-21)13(2)22/h5-7H,3-4,8-12H2,1-2H3,(H,19,23). The Kier molecular flexibility index (Phi) is 6.28. The maximum absolute atomic E-state index is 12.0. The Hall–Kier alpha value is -1.75. The zero-order chi connectivity index (χ0) is 16.8. The van der Waals surface area contributed by atoms with E-state index in [9.17, 15) is 9.59 Å². The summed E-state index contributed by atoms with van der Waals surface area (Å²) < 4.78 is 0. The number of halogens is 1. The monoisotopic (exact) mass is 337 g/mol. The highest BCUT2D eigenvalue weighted by Gasteiger charge is 2.22. The minimum atomic E-state index is 0.0118. The molecule has 1 aliphatic heterocycles. The van der Waals surface area contributed by atoms with Crippen molar-refractivity contribution < 1.29 is 9.59 Å². The van der Waals surface area contributed by atoms with Crippen molar-refractivity contribution in [3.63, 3.8) is 0 Å². The van der Waals surface area contributed by atoms with Gasteiger partial charge in [0, 0.05) is 39.5 Å². The van der Waals surface area contributed by atoms with Crippen LogP contribution in [0.3, 0.4) is 0 Å². The molecule has 0 aliphatic carbocycles. The fourth-order valence-corrected chi connectivity index (χ4v) is 3.03. The highest BCUT2D eigenvalue weighted by atomic mass is 35.5. The summed E-state index contributed by atoms with van der Waals surface area (Å²) in [6.07, 6.45) is 2.38. The first-order valence-corrected chi connectivity index (χ1v) is 8.49. The maximum atomic E-state index is 12.0.